The molecule has 4 heterocycles. The molecular weight excluding hydrogens is 644 g/mol. The van der Waals surface area contributed by atoms with Gasteiger partial charge in [-0.05, 0) is 55.7 Å². The van der Waals surface area contributed by atoms with Crippen LogP contribution in [0.5, 0.6) is 5.75 Å². The van der Waals surface area contributed by atoms with Crippen molar-refractivity contribution in [1.82, 2.24) is 20.2 Å². The Bertz CT molecular complexity index is 1430. The fourth-order valence-corrected chi connectivity index (χ4v) is 8.24. The highest BCUT2D eigenvalue weighted by atomic mass is 32.2. The Labute approximate surface area is 284 Å². The van der Waals surface area contributed by atoms with Crippen LogP contribution >= 0.6 is 11.8 Å². The van der Waals surface area contributed by atoms with Crippen molar-refractivity contribution in [2.45, 2.75) is 49.2 Å². The first-order valence-electron chi connectivity index (χ1n) is 17.0. The molecule has 0 bridgehead atoms. The SMILES string of the molecule is CCOc1ccccc1N1CCN(C[C@H](O)CN2NC(c3ccc(C(F)(F)F)c(SCCN4CCC(F)CC4)c3)C3CN=CC=C32)CC1. The lowest BCUT2D eigenvalue weighted by atomic mass is 9.91. The third-order valence-electron chi connectivity index (χ3n) is 9.63. The van der Waals surface area contributed by atoms with Crippen LogP contribution in [0.4, 0.5) is 23.2 Å². The van der Waals surface area contributed by atoms with Gasteiger partial charge in [0.25, 0.3) is 0 Å². The zero-order valence-electron chi connectivity index (χ0n) is 27.4. The second-order valence-electron chi connectivity index (χ2n) is 12.9. The number of thioether (sulfide) groups is 1. The first kappa shape index (κ1) is 35.0. The number of benzene rings is 2. The summed E-state index contributed by atoms with van der Waals surface area (Å²) in [7, 11) is 0. The highest BCUT2D eigenvalue weighted by molar-refractivity contribution is 7.99. The predicted molar refractivity (Wildman–Crippen MR) is 183 cm³/mol. The number of nitrogens with one attached hydrogen (secondary N) is 1. The molecule has 262 valence electrons. The molecule has 0 amide bonds. The fourth-order valence-electron chi connectivity index (χ4n) is 7.11. The molecule has 2 unspecified atom stereocenters. The van der Waals surface area contributed by atoms with Crippen molar-refractivity contribution in [3.05, 3.63) is 65.4 Å². The van der Waals surface area contributed by atoms with Crippen LogP contribution in [0.15, 0.2) is 64.1 Å². The van der Waals surface area contributed by atoms with Gasteiger partial charge in [0.15, 0.2) is 0 Å². The molecule has 0 aliphatic carbocycles. The molecule has 48 heavy (non-hydrogen) atoms. The molecule has 3 saturated heterocycles. The molecule has 13 heteroatoms. The molecule has 3 atom stereocenters. The van der Waals surface area contributed by atoms with Gasteiger partial charge in [-0.15, -0.1) is 11.8 Å². The zero-order chi connectivity index (χ0) is 33.7. The molecule has 0 radical (unpaired) electrons. The van der Waals surface area contributed by atoms with Crippen LogP contribution in [-0.4, -0.2) is 116 Å². The van der Waals surface area contributed by atoms with Crippen LogP contribution in [0.25, 0.3) is 0 Å². The van der Waals surface area contributed by atoms with E-state index in [1.165, 1.54) is 17.8 Å². The molecule has 4 aliphatic rings. The number of rotatable bonds is 12. The Morgan fingerprint density at radius 1 is 1.02 bits per heavy atom. The van der Waals surface area contributed by atoms with E-state index in [0.29, 0.717) is 64.5 Å². The molecule has 0 aromatic heterocycles. The van der Waals surface area contributed by atoms with E-state index in [9.17, 15) is 22.7 Å². The lowest BCUT2D eigenvalue weighted by molar-refractivity contribution is -0.139. The van der Waals surface area contributed by atoms with Crippen LogP contribution in [0.2, 0.25) is 0 Å². The summed E-state index contributed by atoms with van der Waals surface area (Å²) < 4.78 is 61.5. The summed E-state index contributed by atoms with van der Waals surface area (Å²) in [5, 5.41) is 13.2. The van der Waals surface area contributed by atoms with Crippen molar-refractivity contribution in [1.29, 1.82) is 0 Å². The largest absolute Gasteiger partial charge is 0.492 e. The van der Waals surface area contributed by atoms with E-state index in [0.717, 1.165) is 48.9 Å². The summed E-state index contributed by atoms with van der Waals surface area (Å²) in [6.45, 7) is 9.13. The number of dihydropyridines is 1. The molecule has 4 aliphatic heterocycles. The third kappa shape index (κ3) is 8.47. The van der Waals surface area contributed by atoms with E-state index in [4.69, 9.17) is 4.74 Å². The van der Waals surface area contributed by atoms with Crippen molar-refractivity contribution in [3.8, 4) is 5.75 Å². The van der Waals surface area contributed by atoms with Crippen LogP contribution in [0, 0.1) is 5.92 Å². The number of fused-ring (bicyclic) bond motifs is 1. The Balaban J connectivity index is 1.08. The van der Waals surface area contributed by atoms with Gasteiger partial charge in [0.1, 0.15) is 11.9 Å². The van der Waals surface area contributed by atoms with Crippen LogP contribution < -0.4 is 15.1 Å². The molecule has 0 spiro atoms. The molecule has 3 fully saturated rings. The number of hydrogen-bond donors (Lipinski definition) is 2. The Kier molecular flexibility index (Phi) is 11.5. The van der Waals surface area contributed by atoms with Crippen LogP contribution in [0.1, 0.15) is 36.9 Å². The number of alkyl halides is 4. The monoisotopic (exact) mass is 690 g/mol. The number of aliphatic imine (C=N–C) groups is 1. The number of aliphatic hydroxyl groups excluding tert-OH is 1. The van der Waals surface area contributed by atoms with E-state index in [-0.39, 0.29) is 16.9 Å². The lowest BCUT2D eigenvalue weighted by Crippen LogP contribution is -2.50. The summed E-state index contributed by atoms with van der Waals surface area (Å²) in [5.41, 5.74) is 5.71. The van der Waals surface area contributed by atoms with Gasteiger partial charge in [0, 0.05) is 87.4 Å². The number of likely N-dealkylation sites (tertiary alicyclic amines) is 1. The number of ether oxygens (including phenoxy) is 1. The average molecular weight is 691 g/mol. The summed E-state index contributed by atoms with van der Waals surface area (Å²) in [6, 6.07) is 12.2. The van der Waals surface area contributed by atoms with Crippen LogP contribution in [0.3, 0.4) is 0 Å². The first-order chi connectivity index (χ1) is 23.2. The van der Waals surface area contributed by atoms with Crippen molar-refractivity contribution in [2.24, 2.45) is 10.9 Å². The number of hydrogen-bond acceptors (Lipinski definition) is 9. The number of aliphatic hydroxyl groups is 1. The van der Waals surface area contributed by atoms with E-state index in [1.807, 2.05) is 36.2 Å². The number of allylic oxidation sites excluding steroid dienone is 1. The average Bonchev–Trinajstić information content (AvgIpc) is 3.44. The van der Waals surface area contributed by atoms with E-state index < -0.39 is 24.0 Å². The second kappa shape index (κ2) is 15.8. The molecule has 0 saturated carbocycles. The zero-order valence-corrected chi connectivity index (χ0v) is 28.2. The first-order valence-corrected chi connectivity index (χ1v) is 18.0. The van der Waals surface area contributed by atoms with E-state index in [2.05, 4.69) is 31.2 Å². The highest BCUT2D eigenvalue weighted by Gasteiger charge is 2.40. The Morgan fingerprint density at radius 2 is 1.79 bits per heavy atom. The maximum Gasteiger partial charge on any atom is 0.417 e. The molecule has 6 rings (SSSR count). The van der Waals surface area contributed by atoms with Gasteiger partial charge < -0.3 is 24.7 Å². The number of anilines is 1. The number of β-amino-alcohol motifs (C(OH)–C–C–N with tert-alkyl or cyclic N) is 1. The van der Waals surface area contributed by atoms with Gasteiger partial charge in [0.05, 0.1) is 36.5 Å². The third-order valence-corrected chi connectivity index (χ3v) is 10.7. The molecule has 8 nitrogen and oxygen atoms in total. The predicted octanol–water partition coefficient (Wildman–Crippen LogP) is 5.26. The maximum atomic E-state index is 14.0. The summed E-state index contributed by atoms with van der Waals surface area (Å²) in [6.07, 6.45) is -1.24. The minimum atomic E-state index is -4.47. The van der Waals surface area contributed by atoms with Crippen molar-refractivity contribution in [2.75, 3.05) is 82.7 Å². The number of hydrazine groups is 1. The summed E-state index contributed by atoms with van der Waals surface area (Å²) >= 11 is 1.21. The van der Waals surface area contributed by atoms with Gasteiger partial charge in [0.2, 0.25) is 0 Å². The standard InChI is InChI=1S/C35H46F4N6O2S/c1-2-47-32-6-4-3-5-31(32)44-17-15-43(16-18-44)23-27(46)24-45-30-9-12-40-22-28(30)34(41-45)25-7-8-29(35(37,38)39)33(21-25)48-20-19-42-13-10-26(36)11-14-42/h3-9,12,21,26-28,34,41,46H,2,10-11,13-20,22-24H2,1H3/t27-,28?,34?/m0/s1. The topological polar surface area (TPSA) is 66.8 Å². The normalized spacial score (nSPS) is 23.3. The summed E-state index contributed by atoms with van der Waals surface area (Å²) in [5.74, 6) is 1.31. The van der Waals surface area contributed by atoms with E-state index >= 15 is 0 Å². The van der Waals surface area contributed by atoms with Gasteiger partial charge in [-0.1, -0.05) is 18.2 Å². The minimum Gasteiger partial charge on any atom is -0.492 e. The quantitative estimate of drug-likeness (QED) is 0.231. The molecule has 2 aromatic carbocycles. The van der Waals surface area contributed by atoms with E-state index in [1.54, 1.807) is 18.3 Å². The second-order valence-corrected chi connectivity index (χ2v) is 14.0. The number of piperazine rings is 1. The number of piperidine rings is 1. The van der Waals surface area contributed by atoms with Crippen molar-refractivity contribution < 1.29 is 27.4 Å². The molecule has 2 aromatic rings. The van der Waals surface area contributed by atoms with Gasteiger partial charge in [-0.25, -0.2) is 9.82 Å². The molecule has 2 N–H and O–H groups in total. The number of halogens is 4. The van der Waals surface area contributed by atoms with Gasteiger partial charge in [-0.3, -0.25) is 9.89 Å². The number of para-hydroxylation sites is 2. The minimum absolute atomic E-state index is 0.0623. The summed E-state index contributed by atoms with van der Waals surface area (Å²) in [4.78, 5) is 11.4. The highest BCUT2D eigenvalue weighted by Crippen LogP contribution is 2.42. The molecular formula is C35H46F4N6O2S. The van der Waals surface area contributed by atoms with Crippen molar-refractivity contribution >= 4 is 23.7 Å². The lowest BCUT2D eigenvalue weighted by Gasteiger charge is -2.38. The van der Waals surface area contributed by atoms with Gasteiger partial charge >= 0.3 is 6.18 Å². The smallest absolute Gasteiger partial charge is 0.417 e. The van der Waals surface area contributed by atoms with Crippen molar-refractivity contribution in [3.63, 3.8) is 0 Å². The fraction of sp³-hybridized carbons (Fsp3) is 0.571. The number of nitrogens with zero attached hydrogens (tertiary/aromatic N) is 5. The Hall–Kier alpha value is -2.84. The van der Waals surface area contributed by atoms with Crippen LogP contribution in [-0.2, 0) is 6.18 Å². The van der Waals surface area contributed by atoms with Gasteiger partial charge in [-0.2, -0.15) is 13.2 Å². The maximum absolute atomic E-state index is 14.0. The Morgan fingerprint density at radius 3 is 2.54 bits per heavy atom.